The van der Waals surface area contributed by atoms with Crippen LogP contribution in [0.15, 0.2) is 48.7 Å². The van der Waals surface area contributed by atoms with Crippen molar-refractivity contribution in [3.05, 3.63) is 82.4 Å². The number of ether oxygens (including phenoxy) is 1. The molecular formula is C33H32F7N3O5. The lowest BCUT2D eigenvalue weighted by Crippen LogP contribution is -2.51. The maximum atomic E-state index is 14.1. The number of carbonyl (C=O) groups excluding carboxylic acids is 2. The van der Waals surface area contributed by atoms with Gasteiger partial charge < -0.3 is 14.7 Å². The van der Waals surface area contributed by atoms with E-state index in [1.807, 2.05) is 0 Å². The number of halogens is 7. The van der Waals surface area contributed by atoms with Gasteiger partial charge in [-0.15, -0.1) is 0 Å². The lowest BCUT2D eigenvalue weighted by atomic mass is 9.81. The molecule has 0 aliphatic carbocycles. The van der Waals surface area contributed by atoms with Crippen LogP contribution in [0.5, 0.6) is 0 Å². The first-order valence-electron chi connectivity index (χ1n) is 14.5. The van der Waals surface area contributed by atoms with E-state index in [0.717, 1.165) is 23.0 Å². The number of anilines is 1. The fourth-order valence-corrected chi connectivity index (χ4v) is 6.08. The average molecular weight is 684 g/mol. The monoisotopic (exact) mass is 683 g/mol. The molecular weight excluding hydrogens is 651 g/mol. The van der Waals surface area contributed by atoms with Crippen molar-refractivity contribution in [2.45, 2.75) is 69.9 Å². The van der Waals surface area contributed by atoms with Crippen LogP contribution < -0.4 is 4.90 Å². The molecule has 4 rings (SSSR count). The number of esters is 1. The van der Waals surface area contributed by atoms with Crippen LogP contribution in [0, 0.1) is 12.7 Å². The van der Waals surface area contributed by atoms with Gasteiger partial charge in [0.2, 0.25) is 5.91 Å². The summed E-state index contributed by atoms with van der Waals surface area (Å²) in [6.45, 7) is 5.35. The lowest BCUT2D eigenvalue weighted by Gasteiger charge is -2.34. The maximum absolute atomic E-state index is 14.1. The summed E-state index contributed by atoms with van der Waals surface area (Å²) in [5.74, 6) is -2.27. The minimum Gasteiger partial charge on any atom is -0.467 e. The maximum Gasteiger partial charge on any atom is 0.416 e. The second-order valence-electron chi connectivity index (χ2n) is 12.3. The first-order chi connectivity index (χ1) is 22.0. The van der Waals surface area contributed by atoms with E-state index in [0.29, 0.717) is 23.3 Å². The van der Waals surface area contributed by atoms with Crippen LogP contribution in [0.4, 0.5) is 41.2 Å². The third-order valence-corrected chi connectivity index (χ3v) is 8.81. The number of likely N-dealkylation sites (tertiary alicyclic amines) is 1. The molecule has 0 unspecified atom stereocenters. The molecule has 8 nitrogen and oxygen atoms in total. The highest BCUT2D eigenvalue weighted by molar-refractivity contribution is 6.03. The first-order valence-corrected chi connectivity index (χ1v) is 14.5. The summed E-state index contributed by atoms with van der Waals surface area (Å²) in [7, 11) is 2.38. The molecule has 15 heteroatoms. The van der Waals surface area contributed by atoms with Gasteiger partial charge in [-0.05, 0) is 93.6 Å². The highest BCUT2D eigenvalue weighted by atomic mass is 19.4. The molecule has 1 aromatic heterocycles. The van der Waals surface area contributed by atoms with E-state index in [1.54, 1.807) is 6.92 Å². The fourth-order valence-electron chi connectivity index (χ4n) is 6.08. The first kappa shape index (κ1) is 36.2. The van der Waals surface area contributed by atoms with Crippen molar-refractivity contribution < 1.29 is 55.0 Å². The molecule has 0 saturated carbocycles. The Morgan fingerprint density at radius 3 is 2.02 bits per heavy atom. The Kier molecular flexibility index (Phi) is 9.34. The zero-order valence-corrected chi connectivity index (χ0v) is 26.7. The molecule has 2 heterocycles. The second kappa shape index (κ2) is 12.4. The number of pyridine rings is 1. The van der Waals surface area contributed by atoms with Crippen molar-refractivity contribution >= 4 is 23.7 Å². The van der Waals surface area contributed by atoms with Crippen LogP contribution in [0.3, 0.4) is 0 Å². The third kappa shape index (κ3) is 6.54. The van der Waals surface area contributed by atoms with Crippen molar-refractivity contribution in [3.8, 4) is 11.1 Å². The van der Waals surface area contributed by atoms with Gasteiger partial charge >= 0.3 is 24.4 Å². The third-order valence-electron chi connectivity index (χ3n) is 8.81. The van der Waals surface area contributed by atoms with E-state index in [1.165, 1.54) is 52.2 Å². The molecule has 0 bridgehead atoms. The van der Waals surface area contributed by atoms with Crippen LogP contribution in [0.2, 0.25) is 0 Å². The molecule has 2 amide bonds. The molecule has 2 atom stereocenters. The van der Waals surface area contributed by atoms with Gasteiger partial charge in [0.05, 0.1) is 47.3 Å². The number of rotatable bonds is 6. The van der Waals surface area contributed by atoms with Crippen LogP contribution >= 0.6 is 0 Å². The standard InChI is InChI=1S/C33H32F7N3O5/c1-17-11-21(34)7-8-22(17)23-15-24(25-9-10-31(4,28(45)48-6)43(25)29(46)47)41-16-26(23)42(5)27(44)30(2,3)18-12-19(32(35,36)37)14-20(13-18)33(38,39)40/h7-8,11-16,25H,9-10H2,1-6H3,(H,46,47)/t25-,31-/m0/s1. The smallest absolute Gasteiger partial charge is 0.416 e. The van der Waals surface area contributed by atoms with Crippen molar-refractivity contribution in [1.82, 2.24) is 9.88 Å². The van der Waals surface area contributed by atoms with Gasteiger partial charge in [-0.3, -0.25) is 14.7 Å². The van der Waals surface area contributed by atoms with E-state index in [-0.39, 0.29) is 35.9 Å². The normalized spacial score (nSPS) is 18.5. The van der Waals surface area contributed by atoms with Gasteiger partial charge in [0.25, 0.3) is 0 Å². The predicted octanol–water partition coefficient (Wildman–Crippen LogP) is 7.92. The number of hydrogen-bond acceptors (Lipinski definition) is 5. The molecule has 0 spiro atoms. The molecule has 258 valence electrons. The summed E-state index contributed by atoms with van der Waals surface area (Å²) in [4.78, 5) is 45.4. The Hall–Kier alpha value is -4.69. The van der Waals surface area contributed by atoms with E-state index < -0.39 is 69.8 Å². The van der Waals surface area contributed by atoms with Crippen LogP contribution in [0.25, 0.3) is 11.1 Å². The number of nitrogens with zero attached hydrogens (tertiary/aromatic N) is 3. The number of carbonyl (C=O) groups is 3. The Balaban J connectivity index is 1.87. The zero-order chi connectivity index (χ0) is 36.1. The Morgan fingerprint density at radius 1 is 0.958 bits per heavy atom. The van der Waals surface area contributed by atoms with Crippen LogP contribution in [0.1, 0.15) is 67.6 Å². The number of benzene rings is 2. The number of carboxylic acid groups (broad SMARTS) is 1. The quantitative estimate of drug-likeness (QED) is 0.209. The van der Waals surface area contributed by atoms with E-state index in [2.05, 4.69) is 4.98 Å². The predicted molar refractivity (Wildman–Crippen MR) is 160 cm³/mol. The van der Waals surface area contributed by atoms with E-state index >= 15 is 0 Å². The molecule has 48 heavy (non-hydrogen) atoms. The summed E-state index contributed by atoms with van der Waals surface area (Å²) in [5, 5.41) is 10.1. The summed E-state index contributed by atoms with van der Waals surface area (Å²) in [5.41, 5.74) is -5.98. The Morgan fingerprint density at radius 2 is 1.52 bits per heavy atom. The molecule has 1 aliphatic rings. The highest BCUT2D eigenvalue weighted by Crippen LogP contribution is 2.45. The van der Waals surface area contributed by atoms with Gasteiger partial charge in [-0.2, -0.15) is 26.3 Å². The fraction of sp³-hybridized carbons (Fsp3) is 0.394. The number of methoxy groups -OCH3 is 1. The molecule has 0 radical (unpaired) electrons. The van der Waals surface area contributed by atoms with Crippen LogP contribution in [-0.4, -0.2) is 52.7 Å². The molecule has 1 N–H and O–H groups in total. The molecule has 1 fully saturated rings. The zero-order valence-electron chi connectivity index (χ0n) is 26.7. The molecule has 1 aliphatic heterocycles. The summed E-state index contributed by atoms with van der Waals surface area (Å²) >= 11 is 0. The van der Waals surface area contributed by atoms with Gasteiger partial charge in [0, 0.05) is 12.6 Å². The molecule has 3 aromatic rings. The highest BCUT2D eigenvalue weighted by Gasteiger charge is 2.53. The number of alkyl halides is 6. The van der Waals surface area contributed by atoms with Gasteiger partial charge in [0.1, 0.15) is 11.4 Å². The number of amides is 2. The minimum atomic E-state index is -5.14. The topological polar surface area (TPSA) is 100 Å². The number of aromatic nitrogens is 1. The number of hydrogen-bond donors (Lipinski definition) is 1. The largest absolute Gasteiger partial charge is 0.467 e. The van der Waals surface area contributed by atoms with E-state index in [9.17, 15) is 50.2 Å². The van der Waals surface area contributed by atoms with Crippen LogP contribution in [-0.2, 0) is 32.1 Å². The summed E-state index contributed by atoms with van der Waals surface area (Å²) < 4.78 is 101. The lowest BCUT2D eigenvalue weighted by molar-refractivity contribution is -0.152. The Labute approximate surface area is 271 Å². The number of aryl methyl sites for hydroxylation is 1. The van der Waals surface area contributed by atoms with Gasteiger partial charge in [-0.1, -0.05) is 6.07 Å². The van der Waals surface area contributed by atoms with Gasteiger partial charge in [0.15, 0.2) is 0 Å². The average Bonchev–Trinajstić information content (AvgIpc) is 3.37. The summed E-state index contributed by atoms with van der Waals surface area (Å²) in [6.07, 6.45) is -10.2. The Bertz CT molecular complexity index is 1740. The second-order valence-corrected chi connectivity index (χ2v) is 12.3. The molecule has 1 saturated heterocycles. The minimum absolute atomic E-state index is 0.0273. The van der Waals surface area contributed by atoms with Crippen molar-refractivity contribution in [2.24, 2.45) is 0 Å². The summed E-state index contributed by atoms with van der Waals surface area (Å²) in [6, 6.07) is 5.22. The molecule has 2 aromatic carbocycles. The van der Waals surface area contributed by atoms with Crippen molar-refractivity contribution in [1.29, 1.82) is 0 Å². The van der Waals surface area contributed by atoms with Crippen molar-refractivity contribution in [3.63, 3.8) is 0 Å². The number of likely N-dealkylation sites (N-methyl/N-ethyl adjacent to an activating group) is 1. The van der Waals surface area contributed by atoms with Crippen molar-refractivity contribution in [2.75, 3.05) is 19.1 Å². The van der Waals surface area contributed by atoms with Gasteiger partial charge in [-0.25, -0.2) is 14.0 Å². The van der Waals surface area contributed by atoms with E-state index in [4.69, 9.17) is 4.74 Å². The SMILES string of the molecule is COC(=O)[C@]1(C)CC[C@@H](c2cc(-c3ccc(F)cc3C)c(N(C)C(=O)C(C)(C)c3cc(C(F)(F)F)cc(C(F)(F)F)c3)cn2)N1C(=O)O.